The fraction of sp³-hybridized carbons (Fsp3) is 0.500. The van der Waals surface area contributed by atoms with Crippen LogP contribution in [0.4, 0.5) is 11.4 Å². The molecule has 0 bridgehead atoms. The number of pyridine rings is 1. The molecule has 0 saturated carbocycles. The minimum atomic E-state index is 0.464. The number of aliphatic imine (C=N–C) groups is 1. The van der Waals surface area contributed by atoms with Gasteiger partial charge in [-0.1, -0.05) is 11.6 Å². The van der Waals surface area contributed by atoms with Crippen molar-refractivity contribution in [3.05, 3.63) is 47.2 Å². The third-order valence-corrected chi connectivity index (χ3v) is 5.70. The van der Waals surface area contributed by atoms with Gasteiger partial charge in [0, 0.05) is 61.9 Å². The quantitative estimate of drug-likeness (QED) is 0.498. The van der Waals surface area contributed by atoms with Crippen LogP contribution in [-0.2, 0) is 16.0 Å². The molecule has 1 aromatic carbocycles. The van der Waals surface area contributed by atoms with Crippen LogP contribution >= 0.6 is 0 Å². The maximum Gasteiger partial charge on any atom is 0.215 e. The lowest BCUT2D eigenvalue weighted by Crippen LogP contribution is -2.38. The SMILES string of the molecule is Cc1ccc(N)c(C=NCc2cc(N3CCOCC3)cc(OCCN3CCOCC3)n2)c1. The fourth-order valence-electron chi connectivity index (χ4n) is 3.85. The number of nitrogens with zero attached hydrogens (tertiary/aromatic N) is 4. The molecule has 0 amide bonds. The summed E-state index contributed by atoms with van der Waals surface area (Å²) in [6, 6.07) is 10.1. The van der Waals surface area contributed by atoms with Gasteiger partial charge in [-0.25, -0.2) is 4.98 Å². The second-order valence-corrected chi connectivity index (χ2v) is 8.16. The van der Waals surface area contributed by atoms with E-state index >= 15 is 0 Å². The molecule has 0 aliphatic carbocycles. The number of aryl methyl sites for hydroxylation is 1. The van der Waals surface area contributed by atoms with Crippen molar-refractivity contribution in [1.29, 1.82) is 0 Å². The summed E-state index contributed by atoms with van der Waals surface area (Å²) >= 11 is 0. The van der Waals surface area contributed by atoms with Gasteiger partial charge in [-0.2, -0.15) is 0 Å². The summed E-state index contributed by atoms with van der Waals surface area (Å²) in [5.41, 5.74) is 10.9. The molecule has 2 saturated heterocycles. The van der Waals surface area contributed by atoms with E-state index < -0.39 is 0 Å². The number of anilines is 2. The molecule has 32 heavy (non-hydrogen) atoms. The first-order valence-corrected chi connectivity index (χ1v) is 11.3. The number of nitrogen functional groups attached to an aromatic ring is 1. The van der Waals surface area contributed by atoms with Crippen LogP contribution in [0.1, 0.15) is 16.8 Å². The predicted molar refractivity (Wildman–Crippen MR) is 127 cm³/mol. The van der Waals surface area contributed by atoms with Crippen LogP contribution in [0, 0.1) is 6.92 Å². The molecule has 8 nitrogen and oxygen atoms in total. The molecule has 2 fully saturated rings. The minimum absolute atomic E-state index is 0.464. The van der Waals surface area contributed by atoms with Gasteiger partial charge < -0.3 is 24.8 Å². The summed E-state index contributed by atoms with van der Waals surface area (Å²) in [7, 11) is 0. The summed E-state index contributed by atoms with van der Waals surface area (Å²) in [5.74, 6) is 0.641. The Bertz CT molecular complexity index is 909. The average Bonchev–Trinajstić information content (AvgIpc) is 2.82. The van der Waals surface area contributed by atoms with Crippen LogP contribution < -0.4 is 15.4 Å². The van der Waals surface area contributed by atoms with Crippen molar-refractivity contribution in [3.8, 4) is 5.88 Å². The van der Waals surface area contributed by atoms with Gasteiger partial charge in [0.25, 0.3) is 0 Å². The number of rotatable bonds is 8. The molecule has 0 unspecified atom stereocenters. The lowest BCUT2D eigenvalue weighted by atomic mass is 10.1. The Morgan fingerprint density at radius 3 is 2.59 bits per heavy atom. The second-order valence-electron chi connectivity index (χ2n) is 8.16. The molecule has 2 aliphatic heterocycles. The van der Waals surface area contributed by atoms with Crippen molar-refractivity contribution in [2.45, 2.75) is 13.5 Å². The Morgan fingerprint density at radius 1 is 1.06 bits per heavy atom. The molecule has 1 aromatic heterocycles. The highest BCUT2D eigenvalue weighted by atomic mass is 16.5. The smallest absolute Gasteiger partial charge is 0.215 e. The molecular formula is C24H33N5O3. The lowest BCUT2D eigenvalue weighted by Gasteiger charge is -2.29. The molecule has 0 spiro atoms. The molecule has 2 aromatic rings. The number of benzene rings is 1. The summed E-state index contributed by atoms with van der Waals surface area (Å²) in [6.45, 7) is 10.6. The third-order valence-electron chi connectivity index (χ3n) is 5.70. The van der Waals surface area contributed by atoms with Crippen molar-refractivity contribution in [1.82, 2.24) is 9.88 Å². The first kappa shape index (κ1) is 22.5. The van der Waals surface area contributed by atoms with E-state index in [1.54, 1.807) is 0 Å². The van der Waals surface area contributed by atoms with Crippen LogP contribution in [0.25, 0.3) is 0 Å². The molecule has 2 aliphatic rings. The van der Waals surface area contributed by atoms with E-state index in [-0.39, 0.29) is 0 Å². The molecule has 0 atom stereocenters. The molecule has 8 heteroatoms. The van der Waals surface area contributed by atoms with Crippen molar-refractivity contribution in [3.63, 3.8) is 0 Å². The summed E-state index contributed by atoms with van der Waals surface area (Å²) < 4.78 is 17.0. The highest BCUT2D eigenvalue weighted by Crippen LogP contribution is 2.23. The first-order chi connectivity index (χ1) is 15.7. The monoisotopic (exact) mass is 439 g/mol. The second kappa shape index (κ2) is 11.3. The largest absolute Gasteiger partial charge is 0.476 e. The predicted octanol–water partition coefficient (Wildman–Crippen LogP) is 2.14. The number of ether oxygens (including phenoxy) is 3. The number of hydrogen-bond acceptors (Lipinski definition) is 8. The van der Waals surface area contributed by atoms with E-state index in [4.69, 9.17) is 24.9 Å². The van der Waals surface area contributed by atoms with Crippen LogP contribution in [-0.4, -0.2) is 81.9 Å². The Hall–Kier alpha value is -2.68. The minimum Gasteiger partial charge on any atom is -0.476 e. The van der Waals surface area contributed by atoms with Crippen LogP contribution in [0.3, 0.4) is 0 Å². The van der Waals surface area contributed by atoms with Gasteiger partial charge in [0.2, 0.25) is 5.88 Å². The van der Waals surface area contributed by atoms with Gasteiger partial charge >= 0.3 is 0 Å². The average molecular weight is 440 g/mol. The summed E-state index contributed by atoms with van der Waals surface area (Å²) in [5, 5.41) is 0. The molecule has 0 radical (unpaired) electrons. The van der Waals surface area contributed by atoms with Gasteiger partial charge in [-0.3, -0.25) is 9.89 Å². The maximum absolute atomic E-state index is 6.07. The van der Waals surface area contributed by atoms with E-state index in [1.165, 1.54) is 0 Å². The van der Waals surface area contributed by atoms with Gasteiger partial charge in [-0.15, -0.1) is 0 Å². The topological polar surface area (TPSA) is 85.4 Å². The van der Waals surface area contributed by atoms with Crippen molar-refractivity contribution in [2.24, 2.45) is 4.99 Å². The van der Waals surface area contributed by atoms with E-state index in [2.05, 4.69) is 20.9 Å². The van der Waals surface area contributed by atoms with Gasteiger partial charge in [-0.05, 0) is 25.1 Å². The normalized spacial score (nSPS) is 17.7. The van der Waals surface area contributed by atoms with Crippen molar-refractivity contribution in [2.75, 3.05) is 76.4 Å². The van der Waals surface area contributed by atoms with Crippen LogP contribution in [0.5, 0.6) is 5.88 Å². The Balaban J connectivity index is 1.44. The molecule has 172 valence electrons. The number of hydrogen-bond donors (Lipinski definition) is 1. The lowest BCUT2D eigenvalue weighted by molar-refractivity contribution is 0.0320. The summed E-state index contributed by atoms with van der Waals surface area (Å²) in [6.07, 6.45) is 1.82. The zero-order valence-electron chi connectivity index (χ0n) is 18.8. The zero-order chi connectivity index (χ0) is 22.2. The van der Waals surface area contributed by atoms with Crippen molar-refractivity contribution < 1.29 is 14.2 Å². The highest BCUT2D eigenvalue weighted by Gasteiger charge is 2.15. The van der Waals surface area contributed by atoms with E-state index in [0.717, 1.165) is 87.3 Å². The zero-order valence-corrected chi connectivity index (χ0v) is 18.8. The maximum atomic E-state index is 6.07. The van der Waals surface area contributed by atoms with Gasteiger partial charge in [0.15, 0.2) is 0 Å². The Morgan fingerprint density at radius 2 is 1.81 bits per heavy atom. The highest BCUT2D eigenvalue weighted by molar-refractivity contribution is 5.87. The number of morpholine rings is 2. The molecule has 2 N–H and O–H groups in total. The molecule has 3 heterocycles. The summed E-state index contributed by atoms with van der Waals surface area (Å²) in [4.78, 5) is 14.0. The number of nitrogens with two attached hydrogens (primary N) is 1. The van der Waals surface area contributed by atoms with Gasteiger partial charge in [0.1, 0.15) is 6.61 Å². The van der Waals surface area contributed by atoms with Gasteiger partial charge in [0.05, 0.1) is 38.7 Å². The standard InChI is InChI=1S/C24H33N5O3/c1-19-2-3-23(25)20(14-19)17-26-18-21-15-22(29-7-11-31-12-8-29)16-24(27-21)32-13-6-28-4-9-30-10-5-28/h2-3,14-17H,4-13,18,25H2,1H3. The van der Waals surface area contributed by atoms with E-state index in [1.807, 2.05) is 37.4 Å². The number of aromatic nitrogens is 1. The Labute approximate surface area is 190 Å². The third kappa shape index (κ3) is 6.41. The van der Waals surface area contributed by atoms with E-state index in [9.17, 15) is 0 Å². The fourth-order valence-corrected chi connectivity index (χ4v) is 3.85. The van der Waals surface area contributed by atoms with Crippen LogP contribution in [0.2, 0.25) is 0 Å². The van der Waals surface area contributed by atoms with Crippen molar-refractivity contribution >= 4 is 17.6 Å². The van der Waals surface area contributed by atoms with Crippen LogP contribution in [0.15, 0.2) is 35.3 Å². The van der Waals surface area contributed by atoms with E-state index in [0.29, 0.717) is 19.0 Å². The first-order valence-electron chi connectivity index (χ1n) is 11.3. The Kier molecular flexibility index (Phi) is 7.92. The molecule has 4 rings (SSSR count). The molecular weight excluding hydrogens is 406 g/mol.